The number of anilines is 1. The van der Waals surface area contributed by atoms with E-state index < -0.39 is 0 Å². The molecule has 1 amide bonds. The fourth-order valence-electron chi connectivity index (χ4n) is 2.05. The molecule has 0 aliphatic heterocycles. The molecule has 5 nitrogen and oxygen atoms in total. The second kappa shape index (κ2) is 6.58. The first-order valence-corrected chi connectivity index (χ1v) is 7.17. The van der Waals surface area contributed by atoms with Crippen LogP contribution in [-0.2, 0) is 6.54 Å². The zero-order chi connectivity index (χ0) is 16.2. The predicted molar refractivity (Wildman–Crippen MR) is 84.9 cm³/mol. The molecule has 0 radical (unpaired) electrons. The van der Waals surface area contributed by atoms with Gasteiger partial charge in [-0.1, -0.05) is 17.7 Å². The Morgan fingerprint density at radius 1 is 1.26 bits per heavy atom. The Bertz CT molecular complexity index is 835. The van der Waals surface area contributed by atoms with Crippen molar-refractivity contribution in [2.45, 2.75) is 6.54 Å². The van der Waals surface area contributed by atoms with Crippen molar-refractivity contribution >= 4 is 23.2 Å². The maximum atomic E-state index is 13.0. The zero-order valence-corrected chi connectivity index (χ0v) is 12.7. The van der Waals surface area contributed by atoms with E-state index in [2.05, 4.69) is 15.4 Å². The molecule has 7 heteroatoms. The molecule has 1 N–H and O–H groups in total. The highest BCUT2D eigenvalue weighted by Gasteiger charge is 2.08. The second-order valence-corrected chi connectivity index (χ2v) is 5.26. The summed E-state index contributed by atoms with van der Waals surface area (Å²) in [5.74, 6) is -0.628. The van der Waals surface area contributed by atoms with Gasteiger partial charge in [0.05, 0.1) is 18.4 Å². The van der Waals surface area contributed by atoms with Gasteiger partial charge < -0.3 is 5.32 Å². The van der Waals surface area contributed by atoms with Gasteiger partial charge in [0.15, 0.2) is 0 Å². The quantitative estimate of drug-likeness (QED) is 0.798. The third kappa shape index (κ3) is 3.73. The molecular weight excluding hydrogens is 319 g/mol. The van der Waals surface area contributed by atoms with E-state index in [-0.39, 0.29) is 11.7 Å². The monoisotopic (exact) mass is 330 g/mol. The summed E-state index contributed by atoms with van der Waals surface area (Å²) in [4.78, 5) is 15.9. The first-order valence-electron chi connectivity index (χ1n) is 6.79. The molecule has 0 unspecified atom stereocenters. The fraction of sp³-hybridized carbons (Fsp3) is 0.0625. The molecule has 23 heavy (non-hydrogen) atoms. The summed E-state index contributed by atoms with van der Waals surface area (Å²) >= 11 is 5.99. The van der Waals surface area contributed by atoms with E-state index in [1.54, 1.807) is 41.5 Å². The minimum Gasteiger partial charge on any atom is -0.319 e. The van der Waals surface area contributed by atoms with Gasteiger partial charge in [-0.25, -0.2) is 4.39 Å². The van der Waals surface area contributed by atoms with Gasteiger partial charge in [0.25, 0.3) is 5.91 Å². The molecule has 2 aromatic heterocycles. The topological polar surface area (TPSA) is 59.8 Å². The summed E-state index contributed by atoms with van der Waals surface area (Å²) in [5, 5.41) is 7.24. The van der Waals surface area contributed by atoms with E-state index in [9.17, 15) is 9.18 Å². The number of aromatic nitrogens is 3. The van der Waals surface area contributed by atoms with E-state index in [0.717, 1.165) is 5.56 Å². The Hall–Kier alpha value is -2.73. The van der Waals surface area contributed by atoms with Gasteiger partial charge in [-0.05, 0) is 29.8 Å². The summed E-state index contributed by atoms with van der Waals surface area (Å²) in [5.41, 5.74) is 1.81. The number of nitrogens with one attached hydrogen (secondary N) is 1. The molecule has 3 aromatic rings. The van der Waals surface area contributed by atoms with E-state index >= 15 is 0 Å². The minimum absolute atomic E-state index is 0.244. The standard InChI is InChI=1S/C16H12ClFN4O/c17-15-7-13(18)2-1-12(15)9-22-10-14(8-20-22)21-16(23)11-3-5-19-6-4-11/h1-8,10H,9H2,(H,21,23). The van der Waals surface area contributed by atoms with Crippen LogP contribution in [0.1, 0.15) is 15.9 Å². The van der Waals surface area contributed by atoms with Crippen LogP contribution in [0.5, 0.6) is 0 Å². The lowest BCUT2D eigenvalue weighted by molar-refractivity contribution is 0.102. The number of rotatable bonds is 4. The number of pyridine rings is 1. The number of carbonyl (C=O) groups is 1. The van der Waals surface area contributed by atoms with Gasteiger partial charge in [0.2, 0.25) is 0 Å². The number of amides is 1. The van der Waals surface area contributed by atoms with Gasteiger partial charge in [0, 0.05) is 29.2 Å². The maximum absolute atomic E-state index is 13.0. The van der Waals surface area contributed by atoms with Crippen molar-refractivity contribution in [3.63, 3.8) is 0 Å². The Kier molecular flexibility index (Phi) is 4.34. The molecule has 3 rings (SSSR count). The van der Waals surface area contributed by atoms with E-state index in [0.29, 0.717) is 22.8 Å². The fourth-order valence-corrected chi connectivity index (χ4v) is 2.27. The van der Waals surface area contributed by atoms with E-state index in [4.69, 9.17) is 11.6 Å². The average molecular weight is 331 g/mol. The predicted octanol–water partition coefficient (Wildman–Crippen LogP) is 3.37. The molecule has 0 aliphatic carbocycles. The van der Waals surface area contributed by atoms with Crippen molar-refractivity contribution in [3.8, 4) is 0 Å². The van der Waals surface area contributed by atoms with Crippen molar-refractivity contribution in [1.29, 1.82) is 0 Å². The Morgan fingerprint density at radius 3 is 2.78 bits per heavy atom. The zero-order valence-electron chi connectivity index (χ0n) is 11.9. The Balaban J connectivity index is 1.70. The van der Waals surface area contributed by atoms with Crippen molar-refractivity contribution in [2.75, 3.05) is 5.32 Å². The van der Waals surface area contributed by atoms with Crippen LogP contribution >= 0.6 is 11.6 Å². The van der Waals surface area contributed by atoms with Crippen LogP contribution in [0.25, 0.3) is 0 Å². The van der Waals surface area contributed by atoms with Gasteiger partial charge >= 0.3 is 0 Å². The number of nitrogens with zero attached hydrogens (tertiary/aromatic N) is 3. The largest absolute Gasteiger partial charge is 0.319 e. The average Bonchev–Trinajstić information content (AvgIpc) is 2.98. The molecule has 0 atom stereocenters. The minimum atomic E-state index is -0.385. The molecule has 0 bridgehead atoms. The summed E-state index contributed by atoms with van der Waals surface area (Å²) in [7, 11) is 0. The lowest BCUT2D eigenvalue weighted by Gasteiger charge is -2.04. The second-order valence-electron chi connectivity index (χ2n) is 4.85. The van der Waals surface area contributed by atoms with Crippen LogP contribution in [0.2, 0.25) is 5.02 Å². The molecule has 1 aromatic carbocycles. The number of carbonyl (C=O) groups excluding carboxylic acids is 1. The highest BCUT2D eigenvalue weighted by atomic mass is 35.5. The van der Waals surface area contributed by atoms with Crippen molar-refractivity contribution < 1.29 is 9.18 Å². The normalized spacial score (nSPS) is 10.5. The van der Waals surface area contributed by atoms with Crippen LogP contribution in [0.4, 0.5) is 10.1 Å². The lowest BCUT2D eigenvalue weighted by atomic mass is 10.2. The molecule has 2 heterocycles. The van der Waals surface area contributed by atoms with E-state index in [1.165, 1.54) is 18.3 Å². The van der Waals surface area contributed by atoms with Crippen LogP contribution in [0.3, 0.4) is 0 Å². The first kappa shape index (κ1) is 15.2. The molecule has 0 spiro atoms. The number of halogens is 2. The van der Waals surface area contributed by atoms with Crippen LogP contribution < -0.4 is 5.32 Å². The van der Waals surface area contributed by atoms with Crippen molar-refractivity contribution in [2.24, 2.45) is 0 Å². The Morgan fingerprint density at radius 2 is 2.04 bits per heavy atom. The van der Waals surface area contributed by atoms with Gasteiger partial charge in [-0.15, -0.1) is 0 Å². The summed E-state index contributed by atoms with van der Waals surface area (Å²) in [6.07, 6.45) is 6.32. The summed E-state index contributed by atoms with van der Waals surface area (Å²) in [6.45, 7) is 0.379. The first-order chi connectivity index (χ1) is 11.1. The maximum Gasteiger partial charge on any atom is 0.255 e. The molecule has 116 valence electrons. The molecule has 0 fully saturated rings. The lowest BCUT2D eigenvalue weighted by Crippen LogP contribution is -2.11. The highest BCUT2D eigenvalue weighted by Crippen LogP contribution is 2.19. The third-order valence-electron chi connectivity index (χ3n) is 3.18. The smallest absolute Gasteiger partial charge is 0.255 e. The summed E-state index contributed by atoms with van der Waals surface area (Å²) < 4.78 is 14.6. The number of hydrogen-bond acceptors (Lipinski definition) is 3. The van der Waals surface area contributed by atoms with E-state index in [1.807, 2.05) is 0 Å². The van der Waals surface area contributed by atoms with Crippen molar-refractivity contribution in [1.82, 2.24) is 14.8 Å². The SMILES string of the molecule is O=C(Nc1cnn(Cc2ccc(F)cc2Cl)c1)c1ccncc1. The third-order valence-corrected chi connectivity index (χ3v) is 3.53. The van der Waals surface area contributed by atoms with Crippen LogP contribution in [0, 0.1) is 5.82 Å². The highest BCUT2D eigenvalue weighted by molar-refractivity contribution is 6.31. The van der Waals surface area contributed by atoms with Gasteiger partial charge in [-0.3, -0.25) is 14.5 Å². The molecule has 0 aliphatic rings. The van der Waals surface area contributed by atoms with Crippen molar-refractivity contribution in [3.05, 3.63) is 77.1 Å². The number of hydrogen-bond donors (Lipinski definition) is 1. The van der Waals surface area contributed by atoms with Gasteiger partial charge in [-0.2, -0.15) is 5.10 Å². The molecule has 0 saturated carbocycles. The molecule has 0 saturated heterocycles. The summed E-state index contributed by atoms with van der Waals surface area (Å²) in [6, 6.07) is 7.45. The Labute approximate surface area is 136 Å². The number of benzene rings is 1. The van der Waals surface area contributed by atoms with Crippen LogP contribution in [0.15, 0.2) is 55.1 Å². The van der Waals surface area contributed by atoms with Gasteiger partial charge in [0.1, 0.15) is 5.82 Å². The molecular formula is C16H12ClFN4O. The van der Waals surface area contributed by atoms with Crippen LogP contribution in [-0.4, -0.2) is 20.7 Å².